The number of ether oxygens (including phenoxy) is 2. The van der Waals surface area contributed by atoms with Crippen molar-refractivity contribution in [3.63, 3.8) is 0 Å². The predicted octanol–water partition coefficient (Wildman–Crippen LogP) is 3.99. The molecule has 31 heavy (non-hydrogen) atoms. The van der Waals surface area contributed by atoms with E-state index in [2.05, 4.69) is 21.6 Å². The molecule has 1 aromatic carbocycles. The van der Waals surface area contributed by atoms with Gasteiger partial charge in [0, 0.05) is 13.2 Å². The summed E-state index contributed by atoms with van der Waals surface area (Å²) >= 11 is 1.55. The van der Waals surface area contributed by atoms with E-state index in [4.69, 9.17) is 14.5 Å². The molecule has 3 atom stereocenters. The standard InChI is InChI=1S/C24H31N3O3S/c28-23(26-12-14-30-22-11-5-4-10-20(22)26)17-31-24-25-15-21(18-7-2-1-3-8-18)27(24)16-19-9-6-13-29-19/h1-3,7-8,15,19-20,22H,4-6,9-14,16-17H2. The number of amides is 1. The molecule has 7 heteroatoms. The predicted molar refractivity (Wildman–Crippen MR) is 121 cm³/mol. The number of aromatic nitrogens is 2. The fourth-order valence-electron chi connectivity index (χ4n) is 5.10. The number of morpholine rings is 1. The van der Waals surface area contributed by atoms with Gasteiger partial charge in [0.1, 0.15) is 0 Å². The molecule has 3 fully saturated rings. The van der Waals surface area contributed by atoms with Gasteiger partial charge in [-0.3, -0.25) is 4.79 Å². The van der Waals surface area contributed by atoms with Crippen LogP contribution in [0.3, 0.4) is 0 Å². The van der Waals surface area contributed by atoms with E-state index < -0.39 is 0 Å². The van der Waals surface area contributed by atoms with Crippen molar-refractivity contribution in [1.29, 1.82) is 0 Å². The molecule has 0 bridgehead atoms. The van der Waals surface area contributed by atoms with Gasteiger partial charge in [0.15, 0.2) is 5.16 Å². The largest absolute Gasteiger partial charge is 0.376 e. The Kier molecular flexibility index (Phi) is 6.62. The Labute approximate surface area is 188 Å². The first-order chi connectivity index (χ1) is 15.3. The van der Waals surface area contributed by atoms with E-state index in [0.29, 0.717) is 18.9 Å². The first-order valence-electron chi connectivity index (χ1n) is 11.6. The highest BCUT2D eigenvalue weighted by molar-refractivity contribution is 7.99. The van der Waals surface area contributed by atoms with Crippen LogP contribution in [0.5, 0.6) is 0 Å². The molecule has 0 spiro atoms. The first-order valence-corrected chi connectivity index (χ1v) is 12.5. The lowest BCUT2D eigenvalue weighted by Crippen LogP contribution is -2.55. The SMILES string of the molecule is O=C(CSc1ncc(-c2ccccc2)n1CC1CCCO1)N1CCOC2CCCCC21. The van der Waals surface area contributed by atoms with Crippen LogP contribution in [0.4, 0.5) is 0 Å². The van der Waals surface area contributed by atoms with Crippen molar-refractivity contribution in [1.82, 2.24) is 14.5 Å². The van der Waals surface area contributed by atoms with Gasteiger partial charge in [-0.15, -0.1) is 0 Å². The maximum atomic E-state index is 13.1. The van der Waals surface area contributed by atoms with Gasteiger partial charge in [-0.05, 0) is 31.2 Å². The lowest BCUT2D eigenvalue weighted by atomic mass is 9.90. The van der Waals surface area contributed by atoms with E-state index >= 15 is 0 Å². The smallest absolute Gasteiger partial charge is 0.233 e. The summed E-state index contributed by atoms with van der Waals surface area (Å²) in [4.78, 5) is 19.9. The highest BCUT2D eigenvalue weighted by Gasteiger charge is 2.36. The molecular weight excluding hydrogens is 410 g/mol. The fraction of sp³-hybridized carbons (Fsp3) is 0.583. The quantitative estimate of drug-likeness (QED) is 0.635. The molecule has 2 aliphatic heterocycles. The second kappa shape index (κ2) is 9.76. The average molecular weight is 442 g/mol. The summed E-state index contributed by atoms with van der Waals surface area (Å²) in [6.07, 6.45) is 9.10. The number of carbonyl (C=O) groups is 1. The van der Waals surface area contributed by atoms with Crippen LogP contribution in [0, 0.1) is 0 Å². The van der Waals surface area contributed by atoms with Crippen molar-refractivity contribution < 1.29 is 14.3 Å². The summed E-state index contributed by atoms with van der Waals surface area (Å²) in [6.45, 7) is 2.98. The molecule has 3 aliphatic rings. The Balaban J connectivity index is 1.31. The lowest BCUT2D eigenvalue weighted by molar-refractivity contribution is -0.146. The second-order valence-electron chi connectivity index (χ2n) is 8.67. The number of fused-ring (bicyclic) bond motifs is 1. The van der Waals surface area contributed by atoms with Crippen LogP contribution >= 0.6 is 11.8 Å². The van der Waals surface area contributed by atoms with Gasteiger partial charge in [0.2, 0.25) is 5.91 Å². The topological polar surface area (TPSA) is 56.6 Å². The van der Waals surface area contributed by atoms with Crippen molar-refractivity contribution in [2.45, 2.75) is 68.5 Å². The van der Waals surface area contributed by atoms with Gasteiger partial charge in [0.05, 0.1) is 49.0 Å². The monoisotopic (exact) mass is 441 g/mol. The maximum absolute atomic E-state index is 13.1. The summed E-state index contributed by atoms with van der Waals surface area (Å²) in [5.41, 5.74) is 2.23. The Morgan fingerprint density at radius 3 is 2.77 bits per heavy atom. The molecule has 0 radical (unpaired) electrons. The van der Waals surface area contributed by atoms with E-state index in [9.17, 15) is 4.79 Å². The Morgan fingerprint density at radius 1 is 1.06 bits per heavy atom. The van der Waals surface area contributed by atoms with E-state index in [1.807, 2.05) is 24.4 Å². The number of hydrogen-bond acceptors (Lipinski definition) is 5. The Hall–Kier alpha value is -1.83. The molecule has 166 valence electrons. The second-order valence-corrected chi connectivity index (χ2v) is 9.62. The molecule has 1 amide bonds. The number of nitrogens with zero attached hydrogens (tertiary/aromatic N) is 3. The van der Waals surface area contributed by atoms with Crippen LogP contribution in [0.15, 0.2) is 41.7 Å². The minimum absolute atomic E-state index is 0.207. The number of imidazole rings is 1. The molecule has 0 N–H and O–H groups in total. The van der Waals surface area contributed by atoms with Crippen LogP contribution < -0.4 is 0 Å². The number of rotatable bonds is 6. The maximum Gasteiger partial charge on any atom is 0.233 e. The number of thioether (sulfide) groups is 1. The van der Waals surface area contributed by atoms with Crippen molar-refractivity contribution in [3.05, 3.63) is 36.5 Å². The normalized spacial score (nSPS) is 26.1. The zero-order valence-electron chi connectivity index (χ0n) is 17.9. The average Bonchev–Trinajstić information content (AvgIpc) is 3.48. The van der Waals surface area contributed by atoms with Gasteiger partial charge in [0.25, 0.3) is 0 Å². The minimum Gasteiger partial charge on any atom is -0.376 e. The fourth-order valence-corrected chi connectivity index (χ4v) is 5.97. The van der Waals surface area contributed by atoms with Gasteiger partial charge in [-0.2, -0.15) is 0 Å². The van der Waals surface area contributed by atoms with Crippen molar-refractivity contribution in [2.75, 3.05) is 25.5 Å². The van der Waals surface area contributed by atoms with Crippen LogP contribution in [-0.4, -0.2) is 64.1 Å². The van der Waals surface area contributed by atoms with Gasteiger partial charge in [-0.25, -0.2) is 4.98 Å². The molecule has 1 aliphatic carbocycles. The van der Waals surface area contributed by atoms with E-state index in [1.54, 1.807) is 11.8 Å². The third-order valence-corrected chi connectivity index (χ3v) is 7.65. The van der Waals surface area contributed by atoms with Crippen LogP contribution in [0.25, 0.3) is 11.3 Å². The molecule has 1 aromatic heterocycles. The van der Waals surface area contributed by atoms with Gasteiger partial charge < -0.3 is 18.9 Å². The molecule has 6 nitrogen and oxygen atoms in total. The van der Waals surface area contributed by atoms with Gasteiger partial charge >= 0.3 is 0 Å². The van der Waals surface area contributed by atoms with Crippen molar-refractivity contribution >= 4 is 17.7 Å². The summed E-state index contributed by atoms with van der Waals surface area (Å²) in [6, 6.07) is 10.6. The molecule has 1 saturated carbocycles. The Morgan fingerprint density at radius 2 is 1.94 bits per heavy atom. The molecular formula is C24H31N3O3S. The zero-order chi connectivity index (χ0) is 21.0. The third-order valence-electron chi connectivity index (χ3n) is 6.68. The summed E-state index contributed by atoms with van der Waals surface area (Å²) in [7, 11) is 0. The minimum atomic E-state index is 0.207. The van der Waals surface area contributed by atoms with E-state index in [-0.39, 0.29) is 24.2 Å². The molecule has 3 unspecified atom stereocenters. The van der Waals surface area contributed by atoms with Crippen molar-refractivity contribution in [2.24, 2.45) is 0 Å². The summed E-state index contributed by atoms with van der Waals surface area (Å²) in [5, 5.41) is 0.899. The first kappa shape index (κ1) is 21.0. The van der Waals surface area contributed by atoms with Gasteiger partial charge in [-0.1, -0.05) is 54.9 Å². The Bertz CT molecular complexity index is 879. The highest BCUT2D eigenvalue weighted by Crippen LogP contribution is 2.31. The molecule has 3 heterocycles. The molecule has 2 aromatic rings. The van der Waals surface area contributed by atoms with E-state index in [1.165, 1.54) is 12.8 Å². The van der Waals surface area contributed by atoms with E-state index in [0.717, 1.165) is 55.2 Å². The third kappa shape index (κ3) is 4.69. The van der Waals surface area contributed by atoms with Crippen LogP contribution in [0.2, 0.25) is 0 Å². The van der Waals surface area contributed by atoms with Crippen LogP contribution in [0.1, 0.15) is 38.5 Å². The van der Waals surface area contributed by atoms with Crippen LogP contribution in [-0.2, 0) is 20.8 Å². The summed E-state index contributed by atoms with van der Waals surface area (Å²) in [5.74, 6) is 0.623. The summed E-state index contributed by atoms with van der Waals surface area (Å²) < 4.78 is 14.1. The van der Waals surface area contributed by atoms with Crippen molar-refractivity contribution in [3.8, 4) is 11.3 Å². The number of carbonyl (C=O) groups excluding carboxylic acids is 1. The lowest BCUT2D eigenvalue weighted by Gasteiger charge is -2.43. The number of hydrogen-bond donors (Lipinski definition) is 0. The molecule has 2 saturated heterocycles. The zero-order valence-corrected chi connectivity index (χ0v) is 18.8. The highest BCUT2D eigenvalue weighted by atomic mass is 32.2. The molecule has 5 rings (SSSR count). The number of benzene rings is 1.